The van der Waals surface area contributed by atoms with E-state index >= 15 is 0 Å². The molecule has 2 atom stereocenters. The van der Waals surface area contributed by atoms with Gasteiger partial charge < -0.3 is 5.32 Å². The monoisotopic (exact) mass is 348 g/mol. The number of nitrogens with zero attached hydrogens (tertiary/aromatic N) is 3. The Bertz CT molecular complexity index is 918. The summed E-state index contributed by atoms with van der Waals surface area (Å²) in [6.07, 6.45) is 3.67. The number of imidazole rings is 1. The predicted molar refractivity (Wildman–Crippen MR) is 103 cm³/mol. The second-order valence-electron chi connectivity index (χ2n) is 7.28. The van der Waals surface area contributed by atoms with Crippen molar-refractivity contribution in [1.29, 1.82) is 0 Å². The normalized spacial score (nSPS) is 20.5. The zero-order valence-electron chi connectivity index (χ0n) is 15.2. The topological polar surface area (TPSA) is 49.6 Å². The van der Waals surface area contributed by atoms with E-state index in [1.54, 1.807) is 6.20 Å². The molecule has 1 fully saturated rings. The van der Waals surface area contributed by atoms with Crippen LogP contribution in [0.2, 0.25) is 0 Å². The number of rotatable bonds is 4. The molecule has 3 heterocycles. The molecule has 5 nitrogen and oxygen atoms in total. The van der Waals surface area contributed by atoms with Gasteiger partial charge in [-0.05, 0) is 30.0 Å². The van der Waals surface area contributed by atoms with Crippen LogP contribution in [0.1, 0.15) is 18.1 Å². The quantitative estimate of drug-likeness (QED) is 0.787. The zero-order valence-corrected chi connectivity index (χ0v) is 15.2. The number of nitrogens with one attached hydrogen (secondary N) is 1. The lowest BCUT2D eigenvalue weighted by atomic mass is 9.97. The molecule has 1 aliphatic heterocycles. The lowest BCUT2D eigenvalue weighted by molar-refractivity contribution is -0.120. The van der Waals surface area contributed by atoms with E-state index in [2.05, 4.69) is 46.4 Å². The highest BCUT2D eigenvalue weighted by atomic mass is 16.2. The van der Waals surface area contributed by atoms with Crippen molar-refractivity contribution in [3.05, 3.63) is 66.0 Å². The molecule has 0 spiro atoms. The molecule has 134 valence electrons. The summed E-state index contributed by atoms with van der Waals surface area (Å²) < 4.78 is 1.94. The lowest BCUT2D eigenvalue weighted by Gasteiger charge is -2.16. The third-order valence-corrected chi connectivity index (χ3v) is 5.26. The number of fused-ring (bicyclic) bond motifs is 1. The van der Waals surface area contributed by atoms with Crippen molar-refractivity contribution < 1.29 is 4.79 Å². The van der Waals surface area contributed by atoms with Crippen molar-refractivity contribution in [3.8, 4) is 0 Å². The number of hydrogen-bond donors (Lipinski definition) is 1. The van der Waals surface area contributed by atoms with Crippen molar-refractivity contribution in [2.24, 2.45) is 11.8 Å². The first-order valence-corrected chi connectivity index (χ1v) is 9.11. The Balaban J connectivity index is 1.45. The molecule has 0 aliphatic carbocycles. The number of amides is 1. The molecule has 1 N–H and O–H groups in total. The third kappa shape index (κ3) is 3.22. The molecule has 0 radical (unpaired) electrons. The van der Waals surface area contributed by atoms with Crippen molar-refractivity contribution in [1.82, 2.24) is 14.3 Å². The van der Waals surface area contributed by atoms with Crippen LogP contribution in [0, 0.1) is 18.8 Å². The highest BCUT2D eigenvalue weighted by Gasteiger charge is 2.35. The van der Waals surface area contributed by atoms with Crippen LogP contribution in [0.5, 0.6) is 0 Å². The van der Waals surface area contributed by atoms with E-state index in [1.165, 1.54) is 5.56 Å². The number of likely N-dealkylation sites (tertiary alicyclic amines) is 1. The maximum Gasteiger partial charge on any atom is 0.230 e. The molecular weight excluding hydrogens is 324 g/mol. The maximum atomic E-state index is 12.9. The number of hydrogen-bond acceptors (Lipinski definition) is 3. The van der Waals surface area contributed by atoms with Crippen molar-refractivity contribution in [3.63, 3.8) is 0 Å². The highest BCUT2D eigenvalue weighted by Crippen LogP contribution is 2.26. The number of aryl methyl sites for hydroxylation is 1. The Kier molecular flexibility index (Phi) is 4.47. The summed E-state index contributed by atoms with van der Waals surface area (Å²) in [7, 11) is 0. The largest absolute Gasteiger partial charge is 0.310 e. The summed E-state index contributed by atoms with van der Waals surface area (Å²) >= 11 is 0. The fraction of sp³-hybridized carbons (Fsp3) is 0.333. The van der Waals surface area contributed by atoms with Gasteiger partial charge in [0.05, 0.1) is 12.1 Å². The molecule has 0 bridgehead atoms. The van der Waals surface area contributed by atoms with Crippen LogP contribution in [0.15, 0.2) is 54.9 Å². The van der Waals surface area contributed by atoms with Gasteiger partial charge in [-0.3, -0.25) is 14.1 Å². The van der Waals surface area contributed by atoms with E-state index in [-0.39, 0.29) is 11.8 Å². The molecule has 2 aromatic heterocycles. The fourth-order valence-corrected chi connectivity index (χ4v) is 3.84. The van der Waals surface area contributed by atoms with Gasteiger partial charge >= 0.3 is 0 Å². The Morgan fingerprint density at radius 2 is 2.00 bits per heavy atom. The molecule has 1 amide bonds. The summed E-state index contributed by atoms with van der Waals surface area (Å²) in [5.41, 5.74) is 3.27. The second kappa shape index (κ2) is 6.92. The second-order valence-corrected chi connectivity index (χ2v) is 7.28. The first-order chi connectivity index (χ1) is 12.6. The Hall–Kier alpha value is -2.66. The van der Waals surface area contributed by atoms with Gasteiger partial charge in [-0.1, -0.05) is 43.3 Å². The molecular formula is C21H24N4O. The Morgan fingerprint density at radius 3 is 2.81 bits per heavy atom. The molecule has 1 aliphatic rings. The zero-order chi connectivity index (χ0) is 18.1. The number of carbonyl (C=O) groups is 1. The SMILES string of the molecule is Cc1cccn2c(NC(=O)C3CN(Cc4ccccc4)CC3C)cnc12. The number of aromatic nitrogens is 2. The average Bonchev–Trinajstić information content (AvgIpc) is 3.20. The standard InChI is InChI=1S/C21H24N4O/c1-15-7-6-10-25-19(11-22-20(15)25)23-21(26)18-14-24(12-16(18)2)13-17-8-4-3-5-9-17/h3-11,16,18H,12-14H2,1-2H3,(H,23,26). The summed E-state index contributed by atoms with van der Waals surface area (Å²) in [6, 6.07) is 14.4. The van der Waals surface area contributed by atoms with Crippen LogP contribution in [0.25, 0.3) is 5.65 Å². The van der Waals surface area contributed by atoms with Gasteiger partial charge in [0, 0.05) is 25.8 Å². The Labute approximate surface area is 153 Å². The number of benzene rings is 1. The van der Waals surface area contributed by atoms with Crippen molar-refractivity contribution in [2.45, 2.75) is 20.4 Å². The van der Waals surface area contributed by atoms with E-state index in [1.807, 2.05) is 35.7 Å². The summed E-state index contributed by atoms with van der Waals surface area (Å²) in [6.45, 7) is 6.81. The van der Waals surface area contributed by atoms with E-state index in [4.69, 9.17) is 0 Å². The molecule has 26 heavy (non-hydrogen) atoms. The lowest BCUT2D eigenvalue weighted by Crippen LogP contribution is -2.29. The van der Waals surface area contributed by atoms with Gasteiger partial charge in [0.1, 0.15) is 11.5 Å². The smallest absolute Gasteiger partial charge is 0.230 e. The van der Waals surface area contributed by atoms with E-state index in [9.17, 15) is 4.79 Å². The number of pyridine rings is 1. The first-order valence-electron chi connectivity index (χ1n) is 9.11. The van der Waals surface area contributed by atoms with Gasteiger partial charge in [0.25, 0.3) is 0 Å². The molecule has 1 aromatic carbocycles. The predicted octanol–water partition coefficient (Wildman–Crippen LogP) is 3.35. The fourth-order valence-electron chi connectivity index (χ4n) is 3.84. The molecule has 0 saturated carbocycles. The number of carbonyl (C=O) groups excluding carboxylic acids is 1. The van der Waals surface area contributed by atoms with Crippen LogP contribution >= 0.6 is 0 Å². The van der Waals surface area contributed by atoms with Gasteiger partial charge in [-0.2, -0.15) is 0 Å². The minimum absolute atomic E-state index is 0.00549. The molecule has 3 aromatic rings. The summed E-state index contributed by atoms with van der Waals surface area (Å²) in [5, 5.41) is 3.08. The molecule has 5 heteroatoms. The average molecular weight is 348 g/mol. The summed E-state index contributed by atoms with van der Waals surface area (Å²) in [4.78, 5) is 19.7. The van der Waals surface area contributed by atoms with Crippen LogP contribution in [-0.4, -0.2) is 33.3 Å². The van der Waals surface area contributed by atoms with Crippen LogP contribution in [-0.2, 0) is 11.3 Å². The molecule has 4 rings (SSSR count). The minimum Gasteiger partial charge on any atom is -0.310 e. The van der Waals surface area contributed by atoms with Crippen molar-refractivity contribution >= 4 is 17.4 Å². The minimum atomic E-state index is -0.00549. The van der Waals surface area contributed by atoms with E-state index < -0.39 is 0 Å². The first kappa shape index (κ1) is 16.8. The van der Waals surface area contributed by atoms with Crippen LogP contribution in [0.4, 0.5) is 5.82 Å². The number of anilines is 1. The van der Waals surface area contributed by atoms with Crippen molar-refractivity contribution in [2.75, 3.05) is 18.4 Å². The highest BCUT2D eigenvalue weighted by molar-refractivity contribution is 5.92. The van der Waals surface area contributed by atoms with Crippen LogP contribution in [0.3, 0.4) is 0 Å². The van der Waals surface area contributed by atoms with Gasteiger partial charge in [-0.25, -0.2) is 4.98 Å². The Morgan fingerprint density at radius 1 is 1.19 bits per heavy atom. The summed E-state index contributed by atoms with van der Waals surface area (Å²) in [5.74, 6) is 1.15. The van der Waals surface area contributed by atoms with Gasteiger partial charge in [0.15, 0.2) is 0 Å². The van der Waals surface area contributed by atoms with E-state index in [0.717, 1.165) is 36.7 Å². The third-order valence-electron chi connectivity index (χ3n) is 5.26. The van der Waals surface area contributed by atoms with E-state index in [0.29, 0.717) is 5.92 Å². The maximum absolute atomic E-state index is 12.9. The molecule has 1 saturated heterocycles. The van der Waals surface area contributed by atoms with Gasteiger partial charge in [0.2, 0.25) is 5.91 Å². The van der Waals surface area contributed by atoms with Gasteiger partial charge in [-0.15, -0.1) is 0 Å². The molecule has 2 unspecified atom stereocenters. The van der Waals surface area contributed by atoms with Crippen LogP contribution < -0.4 is 5.32 Å².